The predicted octanol–water partition coefficient (Wildman–Crippen LogP) is 4.66. The molecule has 0 aliphatic carbocycles. The van der Waals surface area contributed by atoms with E-state index in [2.05, 4.69) is 61.6 Å². The summed E-state index contributed by atoms with van der Waals surface area (Å²) in [5, 5.41) is 3.63. The second-order valence-corrected chi connectivity index (χ2v) is 5.55. The average molecular weight is 251 g/mol. The van der Waals surface area contributed by atoms with Crippen LogP contribution in [-0.2, 0) is 12.8 Å². The van der Waals surface area contributed by atoms with Crippen LogP contribution in [-0.4, -0.2) is 0 Å². The lowest BCUT2D eigenvalue weighted by molar-refractivity contribution is 0.821. The SMILES string of the molecule is CCCc1ccc(C2Cc3cc(C)ccc3N2)cc1. The molecule has 1 heterocycles. The van der Waals surface area contributed by atoms with Gasteiger partial charge < -0.3 is 5.32 Å². The maximum atomic E-state index is 3.63. The van der Waals surface area contributed by atoms with Crippen molar-refractivity contribution in [3.8, 4) is 0 Å². The first-order chi connectivity index (χ1) is 9.26. The van der Waals surface area contributed by atoms with Crippen molar-refractivity contribution in [2.45, 2.75) is 39.2 Å². The molecule has 1 atom stereocenters. The molecule has 0 aromatic heterocycles. The molecule has 0 saturated carbocycles. The van der Waals surface area contributed by atoms with Gasteiger partial charge in [0.2, 0.25) is 0 Å². The summed E-state index contributed by atoms with van der Waals surface area (Å²) < 4.78 is 0. The summed E-state index contributed by atoms with van der Waals surface area (Å²) >= 11 is 0. The molecule has 2 aromatic carbocycles. The van der Waals surface area contributed by atoms with Gasteiger partial charge in [-0.15, -0.1) is 0 Å². The number of nitrogens with one attached hydrogen (secondary N) is 1. The topological polar surface area (TPSA) is 12.0 Å². The van der Waals surface area contributed by atoms with Gasteiger partial charge in [0.15, 0.2) is 0 Å². The zero-order valence-corrected chi connectivity index (χ0v) is 11.7. The van der Waals surface area contributed by atoms with Crippen LogP contribution in [0.4, 0.5) is 5.69 Å². The Kier molecular flexibility index (Phi) is 3.29. The van der Waals surface area contributed by atoms with E-state index in [4.69, 9.17) is 0 Å². The first-order valence-corrected chi connectivity index (χ1v) is 7.21. The molecule has 1 heteroatoms. The van der Waals surface area contributed by atoms with Crippen molar-refractivity contribution in [2.24, 2.45) is 0 Å². The third-order valence-corrected chi connectivity index (χ3v) is 3.94. The summed E-state index contributed by atoms with van der Waals surface area (Å²) in [4.78, 5) is 0. The molecule has 0 spiro atoms. The van der Waals surface area contributed by atoms with Gasteiger partial charge in [-0.3, -0.25) is 0 Å². The zero-order valence-electron chi connectivity index (χ0n) is 11.7. The van der Waals surface area contributed by atoms with Gasteiger partial charge >= 0.3 is 0 Å². The Bertz CT molecular complexity index is 569. The van der Waals surface area contributed by atoms with Gasteiger partial charge in [0, 0.05) is 5.69 Å². The number of rotatable bonds is 3. The molecule has 1 unspecified atom stereocenters. The molecule has 0 fully saturated rings. The first-order valence-electron chi connectivity index (χ1n) is 7.21. The Morgan fingerprint density at radius 3 is 2.63 bits per heavy atom. The van der Waals surface area contributed by atoms with Gasteiger partial charge in [0.25, 0.3) is 0 Å². The van der Waals surface area contributed by atoms with E-state index in [0.717, 1.165) is 6.42 Å². The Morgan fingerprint density at radius 1 is 1.11 bits per heavy atom. The normalized spacial score (nSPS) is 17.1. The molecular weight excluding hydrogens is 230 g/mol. The molecule has 19 heavy (non-hydrogen) atoms. The minimum absolute atomic E-state index is 0.437. The quantitative estimate of drug-likeness (QED) is 0.836. The highest BCUT2D eigenvalue weighted by molar-refractivity contribution is 5.59. The van der Waals surface area contributed by atoms with Gasteiger partial charge in [-0.25, -0.2) is 0 Å². The fourth-order valence-corrected chi connectivity index (χ4v) is 2.90. The number of hydrogen-bond donors (Lipinski definition) is 1. The van der Waals surface area contributed by atoms with Crippen molar-refractivity contribution >= 4 is 5.69 Å². The van der Waals surface area contributed by atoms with E-state index < -0.39 is 0 Å². The van der Waals surface area contributed by atoms with Crippen LogP contribution in [0.1, 0.15) is 41.6 Å². The monoisotopic (exact) mass is 251 g/mol. The molecule has 3 rings (SSSR count). The van der Waals surface area contributed by atoms with Crippen LogP contribution in [0.15, 0.2) is 42.5 Å². The summed E-state index contributed by atoms with van der Waals surface area (Å²) in [7, 11) is 0. The van der Waals surface area contributed by atoms with Gasteiger partial charge in [-0.05, 0) is 42.5 Å². The zero-order chi connectivity index (χ0) is 13.2. The molecule has 2 aromatic rings. The third kappa shape index (κ3) is 2.51. The smallest absolute Gasteiger partial charge is 0.0555 e. The largest absolute Gasteiger partial charge is 0.378 e. The van der Waals surface area contributed by atoms with E-state index in [1.54, 1.807) is 0 Å². The van der Waals surface area contributed by atoms with Crippen LogP contribution in [0.3, 0.4) is 0 Å². The van der Waals surface area contributed by atoms with Crippen LogP contribution in [0.25, 0.3) is 0 Å². The highest BCUT2D eigenvalue weighted by atomic mass is 14.9. The lowest BCUT2D eigenvalue weighted by atomic mass is 10.00. The second-order valence-electron chi connectivity index (χ2n) is 5.55. The fourth-order valence-electron chi connectivity index (χ4n) is 2.90. The van der Waals surface area contributed by atoms with Crippen molar-refractivity contribution in [3.63, 3.8) is 0 Å². The average Bonchev–Trinajstić information content (AvgIpc) is 2.83. The van der Waals surface area contributed by atoms with Crippen LogP contribution >= 0.6 is 0 Å². The molecule has 1 aliphatic heterocycles. The Hall–Kier alpha value is -1.76. The Balaban J connectivity index is 1.78. The molecular formula is C18H21N. The molecule has 98 valence electrons. The third-order valence-electron chi connectivity index (χ3n) is 3.94. The minimum Gasteiger partial charge on any atom is -0.378 e. The summed E-state index contributed by atoms with van der Waals surface area (Å²) in [6.07, 6.45) is 3.49. The highest BCUT2D eigenvalue weighted by Gasteiger charge is 2.21. The molecule has 0 saturated heterocycles. The van der Waals surface area contributed by atoms with E-state index in [0.29, 0.717) is 6.04 Å². The van der Waals surface area contributed by atoms with Gasteiger partial charge in [-0.2, -0.15) is 0 Å². The van der Waals surface area contributed by atoms with Crippen molar-refractivity contribution in [3.05, 3.63) is 64.7 Å². The fraction of sp³-hybridized carbons (Fsp3) is 0.333. The summed E-state index contributed by atoms with van der Waals surface area (Å²) in [6.45, 7) is 4.39. The van der Waals surface area contributed by atoms with E-state index in [1.165, 1.54) is 40.8 Å². The molecule has 0 bridgehead atoms. The second kappa shape index (κ2) is 5.08. The van der Waals surface area contributed by atoms with E-state index in [9.17, 15) is 0 Å². The van der Waals surface area contributed by atoms with Gasteiger partial charge in [-0.1, -0.05) is 55.3 Å². The number of fused-ring (bicyclic) bond motifs is 1. The van der Waals surface area contributed by atoms with Gasteiger partial charge in [0.05, 0.1) is 6.04 Å². The minimum atomic E-state index is 0.437. The summed E-state index contributed by atoms with van der Waals surface area (Å²) in [6, 6.07) is 16.2. The number of hydrogen-bond acceptors (Lipinski definition) is 1. The Morgan fingerprint density at radius 2 is 1.89 bits per heavy atom. The standard InChI is InChI=1S/C18H21N/c1-3-4-14-6-8-15(9-7-14)18-12-16-11-13(2)5-10-17(16)19-18/h5-11,18-19H,3-4,12H2,1-2H3. The summed E-state index contributed by atoms with van der Waals surface area (Å²) in [5.41, 5.74) is 6.93. The highest BCUT2D eigenvalue weighted by Crippen LogP contribution is 2.34. The van der Waals surface area contributed by atoms with Crippen LogP contribution < -0.4 is 5.32 Å². The Labute approximate surface area is 115 Å². The maximum absolute atomic E-state index is 3.63. The van der Waals surface area contributed by atoms with Crippen molar-refractivity contribution < 1.29 is 0 Å². The van der Waals surface area contributed by atoms with E-state index in [-0.39, 0.29) is 0 Å². The van der Waals surface area contributed by atoms with Crippen LogP contribution in [0, 0.1) is 6.92 Å². The molecule has 1 N–H and O–H groups in total. The summed E-state index contributed by atoms with van der Waals surface area (Å²) in [5.74, 6) is 0. The number of anilines is 1. The molecule has 1 aliphatic rings. The molecule has 1 nitrogen and oxygen atoms in total. The maximum Gasteiger partial charge on any atom is 0.0555 e. The van der Waals surface area contributed by atoms with E-state index in [1.807, 2.05) is 0 Å². The van der Waals surface area contributed by atoms with Crippen LogP contribution in [0.5, 0.6) is 0 Å². The predicted molar refractivity (Wildman–Crippen MR) is 81.7 cm³/mol. The number of benzene rings is 2. The van der Waals surface area contributed by atoms with E-state index >= 15 is 0 Å². The lowest BCUT2D eigenvalue weighted by Gasteiger charge is -2.12. The lowest BCUT2D eigenvalue weighted by Crippen LogP contribution is -2.05. The molecule has 0 amide bonds. The van der Waals surface area contributed by atoms with Crippen molar-refractivity contribution in [1.29, 1.82) is 0 Å². The molecule has 0 radical (unpaired) electrons. The van der Waals surface area contributed by atoms with Crippen LogP contribution in [0.2, 0.25) is 0 Å². The van der Waals surface area contributed by atoms with Crippen molar-refractivity contribution in [2.75, 3.05) is 5.32 Å². The first kappa shape index (κ1) is 12.3. The number of aryl methyl sites for hydroxylation is 2. The van der Waals surface area contributed by atoms with Gasteiger partial charge in [0.1, 0.15) is 0 Å². The van der Waals surface area contributed by atoms with Crippen molar-refractivity contribution in [1.82, 2.24) is 0 Å².